The molecular weight excluding hydrogens is 440 g/mol. The van der Waals surface area contributed by atoms with Gasteiger partial charge in [0.25, 0.3) is 0 Å². The third kappa shape index (κ3) is 3.49. The number of nitrogens with two attached hydrogens (primary N) is 1. The number of imidazole rings is 1. The second-order valence-electron chi connectivity index (χ2n) is 8.11. The summed E-state index contributed by atoms with van der Waals surface area (Å²) in [5, 5.41) is 5.84. The van der Waals surface area contributed by atoms with Crippen LogP contribution in [0.25, 0.3) is 22.1 Å². The molecule has 1 fully saturated rings. The standard InChI is InChI=1S/C23H21ClN8O/c1-4-20(33)31-10-15(7-13(31)2)32-23-21(22(25)26-11-27-23)17(29-32)6-5-14-8-18-19(9-16(14)24)30(3)12-28-18/h4,8-9,11-13,15H,1,7,10H2,2-3H3,(H2,25,26,27)/t13-,15-/m0/s1. The van der Waals surface area contributed by atoms with Crippen LogP contribution in [0.1, 0.15) is 30.6 Å². The smallest absolute Gasteiger partial charge is 0.246 e. The second kappa shape index (κ2) is 7.90. The molecule has 0 aliphatic carbocycles. The fourth-order valence-electron chi connectivity index (χ4n) is 4.31. The molecule has 5 rings (SSSR count). The van der Waals surface area contributed by atoms with E-state index in [4.69, 9.17) is 22.4 Å². The molecule has 0 spiro atoms. The summed E-state index contributed by atoms with van der Waals surface area (Å²) < 4.78 is 3.70. The number of nitrogen functional groups attached to an aromatic ring is 1. The number of aromatic nitrogens is 6. The summed E-state index contributed by atoms with van der Waals surface area (Å²) in [6.07, 6.45) is 5.20. The lowest BCUT2D eigenvalue weighted by Crippen LogP contribution is -2.32. The van der Waals surface area contributed by atoms with Crippen molar-refractivity contribution < 1.29 is 4.79 Å². The Morgan fingerprint density at radius 2 is 2.12 bits per heavy atom. The van der Waals surface area contributed by atoms with Gasteiger partial charge in [0, 0.05) is 25.2 Å². The number of benzene rings is 1. The third-order valence-electron chi connectivity index (χ3n) is 6.00. The molecular formula is C23H21ClN8O. The quantitative estimate of drug-likeness (QED) is 0.364. The molecule has 0 bridgehead atoms. The molecule has 1 amide bonds. The van der Waals surface area contributed by atoms with Crippen molar-refractivity contribution in [1.82, 2.24) is 34.2 Å². The first kappa shape index (κ1) is 21.0. The normalized spacial score (nSPS) is 18.0. The van der Waals surface area contributed by atoms with Crippen LogP contribution >= 0.6 is 11.6 Å². The average Bonchev–Trinajstić information content (AvgIpc) is 3.47. The SMILES string of the molecule is C=CC(=O)N1C[C@@H](n2nc(C#Cc3cc4ncn(C)c4cc3Cl)c3c(N)ncnc32)C[C@@H]1C. The van der Waals surface area contributed by atoms with Crippen molar-refractivity contribution in [3.8, 4) is 11.8 Å². The predicted octanol–water partition coefficient (Wildman–Crippen LogP) is 2.70. The fourth-order valence-corrected chi connectivity index (χ4v) is 4.52. The van der Waals surface area contributed by atoms with Crippen LogP contribution in [-0.2, 0) is 11.8 Å². The highest BCUT2D eigenvalue weighted by atomic mass is 35.5. The van der Waals surface area contributed by atoms with Crippen molar-refractivity contribution >= 4 is 45.4 Å². The van der Waals surface area contributed by atoms with E-state index in [9.17, 15) is 4.79 Å². The van der Waals surface area contributed by atoms with Gasteiger partial charge in [0.15, 0.2) is 5.65 Å². The van der Waals surface area contributed by atoms with Gasteiger partial charge >= 0.3 is 0 Å². The van der Waals surface area contributed by atoms with Gasteiger partial charge < -0.3 is 15.2 Å². The van der Waals surface area contributed by atoms with Crippen LogP contribution in [0.5, 0.6) is 0 Å². The Labute approximate surface area is 194 Å². The topological polar surface area (TPSA) is 108 Å². The van der Waals surface area contributed by atoms with Crippen LogP contribution in [0.3, 0.4) is 0 Å². The van der Waals surface area contributed by atoms with Crippen molar-refractivity contribution in [2.45, 2.75) is 25.4 Å². The monoisotopic (exact) mass is 460 g/mol. The van der Waals surface area contributed by atoms with Gasteiger partial charge in [-0.25, -0.2) is 19.6 Å². The van der Waals surface area contributed by atoms with Crippen LogP contribution < -0.4 is 5.73 Å². The average molecular weight is 461 g/mol. The molecule has 166 valence electrons. The zero-order valence-electron chi connectivity index (χ0n) is 18.2. The van der Waals surface area contributed by atoms with E-state index in [1.807, 2.05) is 30.7 Å². The van der Waals surface area contributed by atoms with Gasteiger partial charge in [0.05, 0.1) is 33.8 Å². The number of amides is 1. The lowest BCUT2D eigenvalue weighted by atomic mass is 10.2. The summed E-state index contributed by atoms with van der Waals surface area (Å²) >= 11 is 6.47. The van der Waals surface area contributed by atoms with Crippen molar-refractivity contribution in [2.24, 2.45) is 7.05 Å². The molecule has 0 radical (unpaired) electrons. The maximum atomic E-state index is 12.2. The van der Waals surface area contributed by atoms with Gasteiger partial charge in [0.2, 0.25) is 5.91 Å². The highest BCUT2D eigenvalue weighted by molar-refractivity contribution is 6.32. The summed E-state index contributed by atoms with van der Waals surface area (Å²) in [5.41, 5.74) is 9.59. The number of halogens is 1. The minimum atomic E-state index is -0.102. The number of likely N-dealkylation sites (tertiary alicyclic amines) is 1. The molecule has 3 aromatic heterocycles. The minimum absolute atomic E-state index is 0.0531. The van der Waals surface area contributed by atoms with Crippen LogP contribution in [0.15, 0.2) is 37.4 Å². The molecule has 1 aromatic carbocycles. The molecule has 2 atom stereocenters. The Hall–Kier alpha value is -3.90. The molecule has 9 nitrogen and oxygen atoms in total. The van der Waals surface area contributed by atoms with E-state index in [0.29, 0.717) is 39.7 Å². The summed E-state index contributed by atoms with van der Waals surface area (Å²) in [6.45, 7) is 6.11. The maximum absolute atomic E-state index is 12.2. The van der Waals surface area contributed by atoms with Crippen LogP contribution in [-0.4, -0.2) is 52.7 Å². The second-order valence-corrected chi connectivity index (χ2v) is 8.52. The molecule has 0 unspecified atom stereocenters. The van der Waals surface area contributed by atoms with E-state index in [1.54, 1.807) is 15.9 Å². The van der Waals surface area contributed by atoms with Crippen molar-refractivity contribution in [1.29, 1.82) is 0 Å². The number of rotatable bonds is 2. The zero-order valence-corrected chi connectivity index (χ0v) is 18.9. The maximum Gasteiger partial charge on any atom is 0.246 e. The molecule has 4 heterocycles. The van der Waals surface area contributed by atoms with E-state index in [1.165, 1.54) is 12.4 Å². The van der Waals surface area contributed by atoms with Crippen molar-refractivity contribution in [2.75, 3.05) is 12.3 Å². The lowest BCUT2D eigenvalue weighted by Gasteiger charge is -2.19. The van der Waals surface area contributed by atoms with E-state index >= 15 is 0 Å². The summed E-state index contributed by atoms with van der Waals surface area (Å²) in [6, 6.07) is 3.68. The van der Waals surface area contributed by atoms with E-state index in [2.05, 4.69) is 33.4 Å². The molecule has 33 heavy (non-hydrogen) atoms. The number of hydrogen-bond donors (Lipinski definition) is 1. The zero-order chi connectivity index (χ0) is 23.3. The summed E-state index contributed by atoms with van der Waals surface area (Å²) in [4.78, 5) is 26.9. The highest BCUT2D eigenvalue weighted by Crippen LogP contribution is 2.31. The van der Waals surface area contributed by atoms with E-state index in [-0.39, 0.29) is 18.0 Å². The number of fused-ring (bicyclic) bond motifs is 2. The summed E-state index contributed by atoms with van der Waals surface area (Å²) in [7, 11) is 1.91. The Morgan fingerprint density at radius 3 is 2.91 bits per heavy atom. The number of anilines is 1. The molecule has 1 saturated heterocycles. The van der Waals surface area contributed by atoms with Gasteiger partial charge in [0.1, 0.15) is 17.8 Å². The van der Waals surface area contributed by atoms with Gasteiger partial charge in [-0.15, -0.1) is 0 Å². The van der Waals surface area contributed by atoms with E-state index < -0.39 is 0 Å². The van der Waals surface area contributed by atoms with Crippen LogP contribution in [0.4, 0.5) is 5.82 Å². The van der Waals surface area contributed by atoms with Gasteiger partial charge in [-0.05, 0) is 37.5 Å². The van der Waals surface area contributed by atoms with Gasteiger partial charge in [-0.3, -0.25) is 4.79 Å². The first-order valence-electron chi connectivity index (χ1n) is 10.4. The molecule has 1 aliphatic heterocycles. The van der Waals surface area contributed by atoms with Gasteiger partial charge in [-0.1, -0.05) is 24.1 Å². The van der Waals surface area contributed by atoms with Crippen LogP contribution in [0, 0.1) is 11.8 Å². The molecule has 10 heteroatoms. The number of hydrogen-bond acceptors (Lipinski definition) is 6. The largest absolute Gasteiger partial charge is 0.383 e. The van der Waals surface area contributed by atoms with E-state index in [0.717, 1.165) is 17.5 Å². The number of nitrogens with zero attached hydrogens (tertiary/aromatic N) is 7. The first-order chi connectivity index (χ1) is 15.9. The van der Waals surface area contributed by atoms with Gasteiger partial charge in [-0.2, -0.15) is 5.10 Å². The fraction of sp³-hybridized carbons (Fsp3) is 0.261. The van der Waals surface area contributed by atoms with Crippen molar-refractivity contribution in [3.63, 3.8) is 0 Å². The Bertz CT molecular complexity index is 1490. The Balaban J connectivity index is 1.58. The predicted molar refractivity (Wildman–Crippen MR) is 126 cm³/mol. The highest BCUT2D eigenvalue weighted by Gasteiger charge is 2.34. The molecule has 1 aliphatic rings. The number of carbonyl (C=O) groups is 1. The Morgan fingerprint density at radius 1 is 1.30 bits per heavy atom. The first-order valence-corrected chi connectivity index (χ1v) is 10.8. The lowest BCUT2D eigenvalue weighted by molar-refractivity contribution is -0.126. The number of carbonyl (C=O) groups excluding carboxylic acids is 1. The minimum Gasteiger partial charge on any atom is -0.383 e. The third-order valence-corrected chi connectivity index (χ3v) is 6.32. The summed E-state index contributed by atoms with van der Waals surface area (Å²) in [5.74, 6) is 6.40. The molecule has 2 N–H and O–H groups in total. The van der Waals surface area contributed by atoms with Crippen LogP contribution in [0.2, 0.25) is 5.02 Å². The molecule has 0 saturated carbocycles. The Kier molecular flexibility index (Phi) is 5.02. The molecule has 4 aromatic rings. The number of aryl methyl sites for hydroxylation is 1. The van der Waals surface area contributed by atoms with Crippen molar-refractivity contribution in [3.05, 3.63) is 53.7 Å².